The lowest BCUT2D eigenvalue weighted by Gasteiger charge is -2.18. The number of hydrogen-bond donors (Lipinski definition) is 2. The Labute approximate surface area is 154 Å². The Morgan fingerprint density at radius 1 is 1.37 bits per heavy atom. The van der Waals surface area contributed by atoms with E-state index in [1.165, 1.54) is 24.5 Å². The summed E-state index contributed by atoms with van der Waals surface area (Å²) < 4.78 is 43.7. The van der Waals surface area contributed by atoms with Gasteiger partial charge in [0.15, 0.2) is 6.10 Å². The third-order valence-electron chi connectivity index (χ3n) is 4.04. The molecular weight excluding hydrogens is 360 g/mol. The average molecular weight is 379 g/mol. The molecule has 3 rings (SSSR count). The zero-order valence-electron chi connectivity index (χ0n) is 14.4. The van der Waals surface area contributed by atoms with Gasteiger partial charge in [0.25, 0.3) is 12.4 Å². The fraction of sp³-hybridized carbons (Fsp3) is 0.333. The zero-order valence-corrected chi connectivity index (χ0v) is 14.4. The number of nitrogens with one attached hydrogen (secondary N) is 2. The van der Waals surface area contributed by atoms with Crippen molar-refractivity contribution < 1.29 is 27.6 Å². The smallest absolute Gasteiger partial charge is 0.293 e. The van der Waals surface area contributed by atoms with Crippen molar-refractivity contribution >= 4 is 17.7 Å². The quantitative estimate of drug-likeness (QED) is 0.647. The lowest BCUT2D eigenvalue weighted by atomic mass is 9.98. The van der Waals surface area contributed by atoms with Crippen molar-refractivity contribution in [2.24, 2.45) is 0 Å². The van der Waals surface area contributed by atoms with E-state index >= 15 is 0 Å². The molecule has 2 aromatic rings. The van der Waals surface area contributed by atoms with Crippen LogP contribution in [0.25, 0.3) is 5.57 Å². The number of nitrogens with zero attached hydrogens (tertiary/aromatic N) is 1. The highest BCUT2D eigenvalue weighted by molar-refractivity contribution is 5.69. The van der Waals surface area contributed by atoms with E-state index in [1.807, 2.05) is 0 Å². The minimum Gasteiger partial charge on any atom is -0.471 e. The maximum absolute atomic E-state index is 14.4. The second kappa shape index (κ2) is 9.13. The van der Waals surface area contributed by atoms with Gasteiger partial charge in [-0.1, -0.05) is 6.08 Å². The third kappa shape index (κ3) is 5.04. The molecule has 0 radical (unpaired) electrons. The van der Waals surface area contributed by atoms with Gasteiger partial charge in [-0.3, -0.25) is 4.79 Å². The maximum Gasteiger partial charge on any atom is 0.293 e. The van der Waals surface area contributed by atoms with Gasteiger partial charge in [0.05, 0.1) is 6.54 Å². The molecule has 9 heteroatoms. The third-order valence-corrected chi connectivity index (χ3v) is 4.04. The largest absolute Gasteiger partial charge is 0.471 e. The van der Waals surface area contributed by atoms with Crippen LogP contribution in [0.1, 0.15) is 12.0 Å². The van der Waals surface area contributed by atoms with Gasteiger partial charge in [-0.15, -0.1) is 0 Å². The van der Waals surface area contributed by atoms with Crippen LogP contribution < -0.4 is 15.4 Å². The molecule has 7 nitrogen and oxygen atoms in total. The predicted molar refractivity (Wildman–Crippen MR) is 93.2 cm³/mol. The number of anilines is 1. The Kier molecular flexibility index (Phi) is 6.37. The molecule has 1 aromatic heterocycles. The summed E-state index contributed by atoms with van der Waals surface area (Å²) >= 11 is 0. The Balaban J connectivity index is 1.63. The molecule has 0 spiro atoms. The van der Waals surface area contributed by atoms with Gasteiger partial charge in [0.1, 0.15) is 24.5 Å². The van der Waals surface area contributed by atoms with Crippen LogP contribution in [0.2, 0.25) is 0 Å². The summed E-state index contributed by atoms with van der Waals surface area (Å²) in [6, 6.07) is 3.94. The summed E-state index contributed by atoms with van der Waals surface area (Å²) in [4.78, 5) is 10.6. The highest BCUT2D eigenvalue weighted by Crippen LogP contribution is 2.28. The Bertz CT molecular complexity index is 773. The zero-order chi connectivity index (χ0) is 19.1. The van der Waals surface area contributed by atoms with Gasteiger partial charge in [-0.25, -0.2) is 8.78 Å². The first-order valence-corrected chi connectivity index (χ1v) is 8.42. The molecule has 0 saturated heterocycles. The number of rotatable bonds is 9. The first kappa shape index (κ1) is 18.8. The number of carbonyl (C=O) groups excluding carboxylic acids is 1. The highest BCUT2D eigenvalue weighted by Gasteiger charge is 2.18. The van der Waals surface area contributed by atoms with E-state index in [2.05, 4.69) is 20.3 Å². The van der Waals surface area contributed by atoms with Crippen molar-refractivity contribution in [3.05, 3.63) is 47.7 Å². The summed E-state index contributed by atoms with van der Waals surface area (Å²) in [6.07, 6.45) is 3.01. The first-order valence-electron chi connectivity index (χ1n) is 8.42. The molecule has 0 fully saturated rings. The Morgan fingerprint density at radius 2 is 2.19 bits per heavy atom. The van der Waals surface area contributed by atoms with E-state index in [-0.39, 0.29) is 36.8 Å². The van der Waals surface area contributed by atoms with Crippen molar-refractivity contribution in [1.29, 1.82) is 0 Å². The van der Waals surface area contributed by atoms with Crippen LogP contribution in [0.4, 0.5) is 14.5 Å². The molecule has 1 unspecified atom stereocenters. The molecule has 2 N–H and O–H groups in total. The summed E-state index contributed by atoms with van der Waals surface area (Å²) in [5.74, 6) is -1.04. The Morgan fingerprint density at radius 3 is 2.81 bits per heavy atom. The minimum absolute atomic E-state index is 0.00120. The van der Waals surface area contributed by atoms with Crippen LogP contribution >= 0.6 is 0 Å². The number of carbonyl (C=O) groups is 1. The van der Waals surface area contributed by atoms with Gasteiger partial charge < -0.3 is 24.6 Å². The fourth-order valence-corrected chi connectivity index (χ4v) is 2.74. The molecule has 0 bridgehead atoms. The molecule has 0 amide bonds. The summed E-state index contributed by atoms with van der Waals surface area (Å²) in [7, 11) is 0. The van der Waals surface area contributed by atoms with Crippen molar-refractivity contribution in [3.63, 3.8) is 0 Å². The van der Waals surface area contributed by atoms with Crippen LogP contribution in [0.3, 0.4) is 0 Å². The van der Waals surface area contributed by atoms with E-state index in [0.29, 0.717) is 25.1 Å². The minimum atomic E-state index is -0.683. The number of benzene rings is 1. The van der Waals surface area contributed by atoms with E-state index in [1.54, 1.807) is 6.08 Å². The van der Waals surface area contributed by atoms with Crippen LogP contribution in [0, 0.1) is 11.6 Å². The second-order valence-corrected chi connectivity index (χ2v) is 5.88. The van der Waals surface area contributed by atoms with E-state index in [4.69, 9.17) is 9.47 Å². The lowest BCUT2D eigenvalue weighted by Crippen LogP contribution is -2.29. The monoisotopic (exact) mass is 379 g/mol. The molecule has 2 heterocycles. The molecule has 1 aliphatic heterocycles. The molecular formula is C18H19F2N3O4. The molecule has 1 aliphatic rings. The van der Waals surface area contributed by atoms with E-state index in [0.717, 1.165) is 0 Å². The molecule has 0 saturated carbocycles. The summed E-state index contributed by atoms with van der Waals surface area (Å²) in [5, 5.41) is 9.53. The van der Waals surface area contributed by atoms with Crippen LogP contribution in [0.15, 0.2) is 35.1 Å². The molecule has 1 atom stereocenters. The SMILES string of the molecule is O=COC(CNc1cc(F)c(C2=CCNCC2)c(F)c1)COc1ccon1. The molecule has 0 aliphatic carbocycles. The normalized spacial score (nSPS) is 15.0. The van der Waals surface area contributed by atoms with Crippen LogP contribution in [0.5, 0.6) is 5.88 Å². The number of halogens is 2. The van der Waals surface area contributed by atoms with Gasteiger partial charge in [0.2, 0.25) is 0 Å². The van der Waals surface area contributed by atoms with Crippen molar-refractivity contribution in [1.82, 2.24) is 10.5 Å². The summed E-state index contributed by atoms with van der Waals surface area (Å²) in [5.41, 5.74) is 0.889. The van der Waals surface area contributed by atoms with Gasteiger partial charge >= 0.3 is 0 Å². The average Bonchev–Trinajstić information content (AvgIpc) is 3.18. The lowest BCUT2D eigenvalue weighted by molar-refractivity contribution is -0.134. The predicted octanol–water partition coefficient (Wildman–Crippen LogP) is 2.36. The first-order chi connectivity index (χ1) is 13.2. The van der Waals surface area contributed by atoms with Gasteiger partial charge in [0, 0.05) is 23.9 Å². The van der Waals surface area contributed by atoms with Crippen LogP contribution in [-0.2, 0) is 9.53 Å². The van der Waals surface area contributed by atoms with Gasteiger partial charge in [-0.05, 0) is 35.8 Å². The van der Waals surface area contributed by atoms with Crippen molar-refractivity contribution in [2.45, 2.75) is 12.5 Å². The summed E-state index contributed by atoms with van der Waals surface area (Å²) in [6.45, 7) is 1.65. The Hall–Kier alpha value is -2.94. The van der Waals surface area contributed by atoms with Crippen molar-refractivity contribution in [2.75, 3.05) is 31.6 Å². The number of hydrogen-bond acceptors (Lipinski definition) is 7. The maximum atomic E-state index is 14.4. The number of aromatic nitrogens is 1. The number of ether oxygens (including phenoxy) is 2. The topological polar surface area (TPSA) is 85.6 Å². The molecule has 144 valence electrons. The van der Waals surface area contributed by atoms with Crippen molar-refractivity contribution in [3.8, 4) is 5.88 Å². The standard InChI is InChI=1S/C18H19F2N3O4/c19-15-7-13(8-16(20)18(15)12-1-4-21-5-2-12)22-9-14(26-11-24)10-25-17-3-6-27-23-17/h1,3,6-8,11,14,21-22H,2,4-5,9-10H2. The van der Waals surface area contributed by atoms with Crippen LogP contribution in [-0.4, -0.2) is 44.0 Å². The highest BCUT2D eigenvalue weighted by atomic mass is 19.1. The van der Waals surface area contributed by atoms with E-state index in [9.17, 15) is 13.6 Å². The fourth-order valence-electron chi connectivity index (χ4n) is 2.74. The van der Waals surface area contributed by atoms with Gasteiger partial charge in [-0.2, -0.15) is 0 Å². The molecule has 1 aromatic carbocycles. The van der Waals surface area contributed by atoms with E-state index < -0.39 is 17.7 Å². The second-order valence-electron chi connectivity index (χ2n) is 5.88. The molecule has 27 heavy (non-hydrogen) atoms.